The summed E-state index contributed by atoms with van der Waals surface area (Å²) < 4.78 is 16.5. The number of halogens is 1. The van der Waals surface area contributed by atoms with Crippen LogP contribution < -0.4 is 9.47 Å². The van der Waals surface area contributed by atoms with Crippen LogP contribution >= 0.6 is 11.6 Å². The quantitative estimate of drug-likeness (QED) is 0.341. The zero-order chi connectivity index (χ0) is 19.8. The fourth-order valence-corrected chi connectivity index (χ4v) is 3.32. The van der Waals surface area contributed by atoms with Crippen LogP contribution in [0.1, 0.15) is 61.8 Å². The second kappa shape index (κ2) is 10.6. The fourth-order valence-electron chi connectivity index (χ4n) is 3.00. The van der Waals surface area contributed by atoms with Gasteiger partial charge in [-0.1, -0.05) is 50.9 Å². The normalized spacial score (nSPS) is 11.1. The van der Waals surface area contributed by atoms with Gasteiger partial charge in [-0.25, -0.2) is 0 Å². The third-order valence-electron chi connectivity index (χ3n) is 4.57. The van der Waals surface area contributed by atoms with Gasteiger partial charge in [-0.15, -0.1) is 0 Å². The largest absolute Gasteiger partial charge is 0.494 e. The maximum absolute atomic E-state index is 6.58. The molecule has 0 aliphatic heterocycles. The van der Waals surface area contributed by atoms with E-state index in [0.29, 0.717) is 5.92 Å². The minimum atomic E-state index is 0.253. The van der Waals surface area contributed by atoms with E-state index >= 15 is 0 Å². The molecule has 27 heavy (non-hydrogen) atoms. The summed E-state index contributed by atoms with van der Waals surface area (Å²) in [7, 11) is 1.63. The molecule has 2 aromatic carbocycles. The monoisotopic (exact) mass is 390 g/mol. The van der Waals surface area contributed by atoms with Crippen LogP contribution in [0.5, 0.6) is 11.5 Å². The summed E-state index contributed by atoms with van der Waals surface area (Å²) in [6, 6.07) is 10.3. The Bertz CT molecular complexity index is 717. The molecule has 0 N–H and O–H groups in total. The number of unbranched alkanes of at least 4 members (excludes halogenated alkanes) is 1. The van der Waals surface area contributed by atoms with Gasteiger partial charge in [0, 0.05) is 12.1 Å². The van der Waals surface area contributed by atoms with Crippen LogP contribution in [0.4, 0.5) is 0 Å². The van der Waals surface area contributed by atoms with E-state index in [-0.39, 0.29) is 6.79 Å². The van der Waals surface area contributed by atoms with Gasteiger partial charge in [0.2, 0.25) is 0 Å². The molecule has 0 aliphatic carbocycles. The van der Waals surface area contributed by atoms with Crippen molar-refractivity contribution >= 4 is 11.6 Å². The van der Waals surface area contributed by atoms with E-state index in [1.165, 1.54) is 11.1 Å². The zero-order valence-corrected chi connectivity index (χ0v) is 17.9. The van der Waals surface area contributed by atoms with Crippen molar-refractivity contribution in [3.05, 3.63) is 57.6 Å². The highest BCUT2D eigenvalue weighted by Gasteiger charge is 2.13. The molecule has 4 heteroatoms. The summed E-state index contributed by atoms with van der Waals surface area (Å²) in [5.41, 5.74) is 4.69. The number of benzene rings is 2. The van der Waals surface area contributed by atoms with E-state index in [1.54, 1.807) is 7.11 Å². The van der Waals surface area contributed by atoms with E-state index in [2.05, 4.69) is 45.9 Å². The lowest BCUT2D eigenvalue weighted by Crippen LogP contribution is -2.04. The third-order valence-corrected chi connectivity index (χ3v) is 4.91. The van der Waals surface area contributed by atoms with Crippen molar-refractivity contribution in [2.75, 3.05) is 20.5 Å². The zero-order valence-electron chi connectivity index (χ0n) is 17.1. The van der Waals surface area contributed by atoms with Crippen molar-refractivity contribution in [2.45, 2.75) is 52.9 Å². The van der Waals surface area contributed by atoms with Crippen LogP contribution in [-0.4, -0.2) is 20.5 Å². The molecule has 148 valence electrons. The Morgan fingerprint density at radius 1 is 1.07 bits per heavy atom. The Balaban J connectivity index is 2.22. The van der Waals surface area contributed by atoms with Crippen molar-refractivity contribution in [1.82, 2.24) is 0 Å². The van der Waals surface area contributed by atoms with Crippen LogP contribution in [0.3, 0.4) is 0 Å². The number of methoxy groups -OCH3 is 1. The SMILES string of the molecule is CCCCOc1cc(C)c(Cc2ccc(OCOC)c(C(C)C)c2)c(Cl)c1. The van der Waals surface area contributed by atoms with Crippen molar-refractivity contribution < 1.29 is 14.2 Å². The maximum Gasteiger partial charge on any atom is 0.188 e. The number of rotatable bonds is 10. The smallest absolute Gasteiger partial charge is 0.188 e. The van der Waals surface area contributed by atoms with Gasteiger partial charge in [-0.05, 0) is 66.1 Å². The summed E-state index contributed by atoms with van der Waals surface area (Å²) in [6.07, 6.45) is 2.95. The third kappa shape index (κ3) is 6.15. The Morgan fingerprint density at radius 3 is 2.48 bits per heavy atom. The molecule has 0 aliphatic rings. The second-order valence-electron chi connectivity index (χ2n) is 7.16. The molecule has 2 aromatic rings. The number of ether oxygens (including phenoxy) is 3. The van der Waals surface area contributed by atoms with Crippen LogP contribution in [0, 0.1) is 6.92 Å². The van der Waals surface area contributed by atoms with Gasteiger partial charge < -0.3 is 14.2 Å². The standard InChI is InChI=1S/C23H31ClO3/c1-6-7-10-26-19-11-17(4)21(22(24)14-19)13-18-8-9-23(27-15-25-5)20(12-18)16(2)3/h8-9,11-12,14,16H,6-7,10,13,15H2,1-5H3. The first-order chi connectivity index (χ1) is 13.0. The van der Waals surface area contributed by atoms with Gasteiger partial charge in [0.15, 0.2) is 6.79 Å². The molecule has 3 nitrogen and oxygen atoms in total. The van der Waals surface area contributed by atoms with Crippen LogP contribution in [-0.2, 0) is 11.2 Å². The highest BCUT2D eigenvalue weighted by molar-refractivity contribution is 6.31. The lowest BCUT2D eigenvalue weighted by Gasteiger charge is -2.17. The molecule has 2 rings (SSSR count). The fraction of sp³-hybridized carbons (Fsp3) is 0.478. The molecule has 0 heterocycles. The number of hydrogen-bond donors (Lipinski definition) is 0. The Morgan fingerprint density at radius 2 is 1.85 bits per heavy atom. The first-order valence-corrected chi connectivity index (χ1v) is 10.00. The molecule has 0 spiro atoms. The van der Waals surface area contributed by atoms with Crippen molar-refractivity contribution in [2.24, 2.45) is 0 Å². The van der Waals surface area contributed by atoms with Gasteiger partial charge in [0.05, 0.1) is 6.61 Å². The van der Waals surface area contributed by atoms with E-state index in [4.69, 9.17) is 25.8 Å². The van der Waals surface area contributed by atoms with Crippen LogP contribution in [0.25, 0.3) is 0 Å². The second-order valence-corrected chi connectivity index (χ2v) is 7.56. The van der Waals surface area contributed by atoms with Gasteiger partial charge >= 0.3 is 0 Å². The molecule has 0 atom stereocenters. The Kier molecular flexibility index (Phi) is 8.46. The van der Waals surface area contributed by atoms with Gasteiger partial charge in [0.25, 0.3) is 0 Å². The first kappa shape index (κ1) is 21.6. The van der Waals surface area contributed by atoms with E-state index in [0.717, 1.165) is 53.5 Å². The Labute approximate surface area is 168 Å². The number of hydrogen-bond acceptors (Lipinski definition) is 3. The summed E-state index contributed by atoms with van der Waals surface area (Å²) in [5, 5.41) is 0.757. The Hall–Kier alpha value is -1.71. The molecule has 0 saturated heterocycles. The molecule has 0 bridgehead atoms. The number of aryl methyl sites for hydroxylation is 1. The summed E-state index contributed by atoms with van der Waals surface area (Å²) in [5.74, 6) is 2.08. The summed E-state index contributed by atoms with van der Waals surface area (Å²) in [4.78, 5) is 0. The summed E-state index contributed by atoms with van der Waals surface area (Å²) >= 11 is 6.58. The topological polar surface area (TPSA) is 27.7 Å². The van der Waals surface area contributed by atoms with Crippen molar-refractivity contribution in [3.63, 3.8) is 0 Å². The molecule has 0 radical (unpaired) electrons. The van der Waals surface area contributed by atoms with E-state index in [1.807, 2.05) is 12.1 Å². The predicted octanol–water partition coefficient (Wildman–Crippen LogP) is 6.52. The lowest BCUT2D eigenvalue weighted by molar-refractivity contribution is 0.0502. The summed E-state index contributed by atoms with van der Waals surface area (Å²) in [6.45, 7) is 9.56. The van der Waals surface area contributed by atoms with Crippen LogP contribution in [0.2, 0.25) is 5.02 Å². The highest BCUT2D eigenvalue weighted by atomic mass is 35.5. The van der Waals surface area contributed by atoms with Crippen LogP contribution in [0.15, 0.2) is 30.3 Å². The van der Waals surface area contributed by atoms with Gasteiger partial charge in [-0.3, -0.25) is 0 Å². The predicted molar refractivity (Wildman–Crippen MR) is 112 cm³/mol. The molecule has 0 aromatic heterocycles. The lowest BCUT2D eigenvalue weighted by atomic mass is 9.95. The van der Waals surface area contributed by atoms with Gasteiger partial charge in [0.1, 0.15) is 11.5 Å². The average molecular weight is 391 g/mol. The van der Waals surface area contributed by atoms with E-state index in [9.17, 15) is 0 Å². The molecule has 0 fully saturated rings. The molecular formula is C23H31ClO3. The first-order valence-electron chi connectivity index (χ1n) is 9.62. The average Bonchev–Trinajstić information content (AvgIpc) is 2.63. The molecule has 0 unspecified atom stereocenters. The highest BCUT2D eigenvalue weighted by Crippen LogP contribution is 2.32. The minimum Gasteiger partial charge on any atom is -0.494 e. The van der Waals surface area contributed by atoms with E-state index < -0.39 is 0 Å². The molecule has 0 saturated carbocycles. The molecular weight excluding hydrogens is 360 g/mol. The van der Waals surface area contributed by atoms with Gasteiger partial charge in [-0.2, -0.15) is 0 Å². The minimum absolute atomic E-state index is 0.253. The van der Waals surface area contributed by atoms with Crippen molar-refractivity contribution in [3.8, 4) is 11.5 Å². The van der Waals surface area contributed by atoms with Crippen molar-refractivity contribution in [1.29, 1.82) is 0 Å². The maximum atomic E-state index is 6.58. The molecule has 0 amide bonds.